The van der Waals surface area contributed by atoms with Crippen molar-refractivity contribution in [3.63, 3.8) is 0 Å². The summed E-state index contributed by atoms with van der Waals surface area (Å²) in [5, 5.41) is 0. The lowest BCUT2D eigenvalue weighted by Crippen LogP contribution is -2.49. The molecule has 7 heteroatoms. The number of fused-ring (bicyclic) bond motifs is 2. The Morgan fingerprint density at radius 1 is 1.15 bits per heavy atom. The van der Waals surface area contributed by atoms with Crippen molar-refractivity contribution in [1.29, 1.82) is 0 Å². The summed E-state index contributed by atoms with van der Waals surface area (Å²) in [7, 11) is 0. The highest BCUT2D eigenvalue weighted by molar-refractivity contribution is 8.01. The van der Waals surface area contributed by atoms with Crippen molar-refractivity contribution >= 4 is 29.3 Å². The molecule has 1 saturated heterocycles. The lowest BCUT2D eigenvalue weighted by molar-refractivity contribution is -0.138. The molecule has 1 spiro atoms. The molecule has 2 amide bonds. The number of carbonyl (C=O) groups excluding carboxylic acids is 2. The highest BCUT2D eigenvalue weighted by Gasteiger charge is 2.58. The van der Waals surface area contributed by atoms with E-state index < -0.39 is 10.7 Å². The Balaban J connectivity index is 1.82. The van der Waals surface area contributed by atoms with Crippen LogP contribution in [-0.2, 0) is 21.0 Å². The van der Waals surface area contributed by atoms with Crippen LogP contribution in [0.5, 0.6) is 0 Å². The van der Waals surface area contributed by atoms with Gasteiger partial charge in [0.25, 0.3) is 5.91 Å². The minimum Gasteiger partial charge on any atom is -0.315 e. The Labute approximate surface area is 153 Å². The third kappa shape index (κ3) is 2.41. The fourth-order valence-corrected chi connectivity index (χ4v) is 5.15. The maximum atomic E-state index is 14.0. The molecule has 4 nitrogen and oxygen atoms in total. The predicted octanol–water partition coefficient (Wildman–Crippen LogP) is 3.26. The molecule has 2 heterocycles. The second-order valence-corrected chi connectivity index (χ2v) is 7.63. The summed E-state index contributed by atoms with van der Waals surface area (Å²) in [4.78, 5) is 27.4. The summed E-state index contributed by atoms with van der Waals surface area (Å²) in [6.45, 7) is 2.08. The van der Waals surface area contributed by atoms with Crippen molar-refractivity contribution < 1.29 is 18.4 Å². The first-order chi connectivity index (χ1) is 12.4. The van der Waals surface area contributed by atoms with Crippen LogP contribution >= 0.6 is 11.8 Å². The van der Waals surface area contributed by atoms with E-state index in [1.165, 1.54) is 47.9 Å². The van der Waals surface area contributed by atoms with Crippen molar-refractivity contribution in [2.45, 2.75) is 18.3 Å². The zero-order valence-electron chi connectivity index (χ0n) is 14.0. The van der Waals surface area contributed by atoms with Gasteiger partial charge in [-0.3, -0.25) is 9.59 Å². The number of anilines is 1. The number of carbonyl (C=O) groups is 2. The first-order valence-corrected chi connectivity index (χ1v) is 9.20. The molecule has 0 saturated carbocycles. The van der Waals surface area contributed by atoms with Gasteiger partial charge in [-0.1, -0.05) is 12.1 Å². The number of halogens is 2. The van der Waals surface area contributed by atoms with Crippen LogP contribution in [0.1, 0.15) is 18.1 Å². The molecule has 2 aromatic rings. The van der Waals surface area contributed by atoms with E-state index in [9.17, 15) is 18.4 Å². The van der Waals surface area contributed by atoms with Crippen LogP contribution in [0.3, 0.4) is 0 Å². The number of benzene rings is 2. The van der Waals surface area contributed by atoms with Gasteiger partial charge in [0, 0.05) is 24.8 Å². The van der Waals surface area contributed by atoms with Crippen molar-refractivity contribution in [3.05, 3.63) is 65.2 Å². The van der Waals surface area contributed by atoms with E-state index in [4.69, 9.17) is 0 Å². The molecule has 1 unspecified atom stereocenters. The van der Waals surface area contributed by atoms with Crippen LogP contribution in [0.2, 0.25) is 0 Å². The van der Waals surface area contributed by atoms with Crippen molar-refractivity contribution in [2.75, 3.05) is 17.2 Å². The number of amides is 2. The van der Waals surface area contributed by atoms with E-state index in [2.05, 4.69) is 0 Å². The fraction of sp³-hybridized carbons (Fsp3) is 0.263. The van der Waals surface area contributed by atoms with Gasteiger partial charge in [0.15, 0.2) is 4.87 Å². The maximum absolute atomic E-state index is 14.0. The first-order valence-electron chi connectivity index (χ1n) is 8.22. The van der Waals surface area contributed by atoms with Crippen LogP contribution < -0.4 is 4.90 Å². The van der Waals surface area contributed by atoms with Gasteiger partial charge >= 0.3 is 0 Å². The molecule has 2 aliphatic heterocycles. The minimum absolute atomic E-state index is 0.220. The third-order valence-corrected chi connectivity index (χ3v) is 6.21. The largest absolute Gasteiger partial charge is 0.315 e. The summed E-state index contributed by atoms with van der Waals surface area (Å²) >= 11 is 1.35. The van der Waals surface area contributed by atoms with Crippen molar-refractivity contribution in [1.82, 2.24) is 4.90 Å². The molecule has 4 rings (SSSR count). The molecule has 0 aromatic heterocycles. The normalized spacial score (nSPS) is 21.6. The lowest BCUT2D eigenvalue weighted by atomic mass is 10.1. The zero-order valence-corrected chi connectivity index (χ0v) is 14.9. The van der Waals surface area contributed by atoms with Gasteiger partial charge in [-0.15, -0.1) is 11.8 Å². The Hall–Kier alpha value is -2.41. The van der Waals surface area contributed by atoms with Gasteiger partial charge in [0.2, 0.25) is 5.91 Å². The summed E-state index contributed by atoms with van der Waals surface area (Å²) in [6, 6.07) is 10.1. The molecule has 1 atom stereocenters. The molecular weight excluding hydrogens is 358 g/mol. The Morgan fingerprint density at radius 3 is 2.54 bits per heavy atom. The molecule has 0 aliphatic carbocycles. The number of hydrogen-bond donors (Lipinski definition) is 0. The van der Waals surface area contributed by atoms with E-state index in [-0.39, 0.29) is 24.2 Å². The highest BCUT2D eigenvalue weighted by atomic mass is 32.2. The Morgan fingerprint density at radius 2 is 1.85 bits per heavy atom. The maximum Gasteiger partial charge on any atom is 0.268 e. The number of hydrogen-bond acceptors (Lipinski definition) is 3. The molecule has 0 bridgehead atoms. The smallest absolute Gasteiger partial charge is 0.268 e. The third-order valence-electron chi connectivity index (χ3n) is 4.79. The number of rotatable bonds is 2. The average molecular weight is 374 g/mol. The average Bonchev–Trinajstić information content (AvgIpc) is 3.15. The van der Waals surface area contributed by atoms with E-state index in [0.717, 1.165) is 5.56 Å². The summed E-state index contributed by atoms with van der Waals surface area (Å²) < 4.78 is 27.1. The zero-order chi connectivity index (χ0) is 18.5. The van der Waals surface area contributed by atoms with Gasteiger partial charge in [0.05, 0.1) is 12.2 Å². The standard InChI is InChI=1S/C19H16F2N2O2S/c1-12(24)23-8-9-26-19(23)16-10-15(21)6-7-17(16)22(18(19)25)11-13-2-4-14(20)5-3-13/h2-7,10H,8-9,11H2,1H3. The lowest BCUT2D eigenvalue weighted by Gasteiger charge is -2.32. The second-order valence-electron chi connectivity index (χ2n) is 6.34. The van der Waals surface area contributed by atoms with E-state index >= 15 is 0 Å². The van der Waals surface area contributed by atoms with E-state index in [0.29, 0.717) is 23.5 Å². The summed E-state index contributed by atoms with van der Waals surface area (Å²) in [5.41, 5.74) is 1.84. The first kappa shape index (κ1) is 17.0. The van der Waals surface area contributed by atoms with Crippen LogP contribution in [0.4, 0.5) is 14.5 Å². The van der Waals surface area contributed by atoms with Crippen LogP contribution in [0.25, 0.3) is 0 Å². The SMILES string of the molecule is CC(=O)N1CCSC12C(=O)N(Cc1ccc(F)cc1)c1ccc(F)cc12. The molecule has 134 valence electrons. The molecule has 2 aromatic carbocycles. The molecule has 26 heavy (non-hydrogen) atoms. The monoisotopic (exact) mass is 374 g/mol. The van der Waals surface area contributed by atoms with Gasteiger partial charge in [0.1, 0.15) is 11.6 Å². The Kier molecular flexibility index (Phi) is 3.99. The second kappa shape index (κ2) is 6.09. The van der Waals surface area contributed by atoms with Gasteiger partial charge in [-0.25, -0.2) is 8.78 Å². The fourth-order valence-electron chi connectivity index (χ4n) is 3.65. The molecule has 2 aliphatic rings. The van der Waals surface area contributed by atoms with Crippen molar-refractivity contribution in [2.24, 2.45) is 0 Å². The molecule has 0 N–H and O–H groups in total. The minimum atomic E-state index is -1.22. The quantitative estimate of drug-likeness (QED) is 0.810. The van der Waals surface area contributed by atoms with Crippen LogP contribution in [-0.4, -0.2) is 29.0 Å². The van der Waals surface area contributed by atoms with Gasteiger partial charge < -0.3 is 9.80 Å². The van der Waals surface area contributed by atoms with Gasteiger partial charge in [-0.2, -0.15) is 0 Å². The van der Waals surface area contributed by atoms with Crippen molar-refractivity contribution in [3.8, 4) is 0 Å². The summed E-state index contributed by atoms with van der Waals surface area (Å²) in [6.07, 6.45) is 0. The molecule has 1 fully saturated rings. The Bertz CT molecular complexity index is 903. The predicted molar refractivity (Wildman–Crippen MR) is 95.5 cm³/mol. The highest BCUT2D eigenvalue weighted by Crippen LogP contribution is 2.54. The van der Waals surface area contributed by atoms with Gasteiger partial charge in [-0.05, 0) is 35.9 Å². The number of nitrogens with zero attached hydrogens (tertiary/aromatic N) is 2. The van der Waals surface area contributed by atoms with Crippen LogP contribution in [0.15, 0.2) is 42.5 Å². The molecule has 0 radical (unpaired) electrons. The summed E-state index contributed by atoms with van der Waals surface area (Å²) in [5.74, 6) is -0.682. The molecular formula is C19H16F2N2O2S. The van der Waals surface area contributed by atoms with E-state index in [1.807, 2.05) is 0 Å². The number of thioether (sulfide) groups is 1. The van der Waals surface area contributed by atoms with Crippen LogP contribution in [0, 0.1) is 11.6 Å². The van der Waals surface area contributed by atoms with E-state index in [1.54, 1.807) is 23.1 Å². The topological polar surface area (TPSA) is 40.6 Å².